The summed E-state index contributed by atoms with van der Waals surface area (Å²) in [4.78, 5) is 35.5. The van der Waals surface area contributed by atoms with Gasteiger partial charge in [0.15, 0.2) is 0 Å². The molecular weight excluding hydrogens is 276 g/mol. The van der Waals surface area contributed by atoms with Crippen LogP contribution in [-0.4, -0.2) is 35.2 Å². The first-order valence-electron chi connectivity index (χ1n) is 6.80. The largest absolute Gasteiger partial charge is 0.457 e. The Hall–Kier alpha value is -1.85. The zero-order chi connectivity index (χ0) is 16.4. The average Bonchev–Trinajstić information content (AvgIpc) is 2.70. The first-order chi connectivity index (χ1) is 9.48. The molecule has 1 fully saturated rings. The van der Waals surface area contributed by atoms with Crippen LogP contribution in [0.1, 0.15) is 47.5 Å². The van der Waals surface area contributed by atoms with Gasteiger partial charge in [0.05, 0.1) is 6.42 Å². The lowest BCUT2D eigenvalue weighted by Crippen LogP contribution is -2.52. The Bertz CT molecular complexity index is 473. The SMILES string of the molecule is C=C(C)C(=O)OC(C)C1(C(=O)OC(C)(C)C)CCC(=O)O1. The van der Waals surface area contributed by atoms with E-state index in [0.29, 0.717) is 0 Å². The summed E-state index contributed by atoms with van der Waals surface area (Å²) in [6, 6.07) is 0. The lowest BCUT2D eigenvalue weighted by atomic mass is 9.93. The molecule has 0 aliphatic carbocycles. The first-order valence-corrected chi connectivity index (χ1v) is 6.80. The van der Waals surface area contributed by atoms with Crippen LogP contribution in [0.15, 0.2) is 12.2 Å². The van der Waals surface area contributed by atoms with Crippen LogP contribution in [0.5, 0.6) is 0 Å². The maximum atomic E-state index is 12.4. The van der Waals surface area contributed by atoms with Gasteiger partial charge in [-0.2, -0.15) is 0 Å². The highest BCUT2D eigenvalue weighted by Crippen LogP contribution is 2.34. The molecule has 6 nitrogen and oxygen atoms in total. The van der Waals surface area contributed by atoms with Crippen LogP contribution >= 0.6 is 0 Å². The molecule has 1 aliphatic heterocycles. The van der Waals surface area contributed by atoms with Crippen LogP contribution in [-0.2, 0) is 28.6 Å². The van der Waals surface area contributed by atoms with Crippen LogP contribution in [0.3, 0.4) is 0 Å². The molecule has 21 heavy (non-hydrogen) atoms. The smallest absolute Gasteiger partial charge is 0.355 e. The van der Waals surface area contributed by atoms with E-state index in [9.17, 15) is 14.4 Å². The first kappa shape index (κ1) is 17.2. The molecule has 0 saturated carbocycles. The topological polar surface area (TPSA) is 78.9 Å². The van der Waals surface area contributed by atoms with Gasteiger partial charge in [0, 0.05) is 12.0 Å². The van der Waals surface area contributed by atoms with Crippen molar-refractivity contribution >= 4 is 17.9 Å². The standard InChI is InChI=1S/C15H22O6/c1-9(2)12(17)19-10(3)15(8-7-11(16)20-15)13(18)21-14(4,5)6/h10H,1,7-8H2,2-6H3. The second kappa shape index (κ2) is 5.87. The zero-order valence-corrected chi connectivity index (χ0v) is 13.1. The molecule has 0 N–H and O–H groups in total. The fraction of sp³-hybridized carbons (Fsp3) is 0.667. The predicted octanol–water partition coefficient (Wildman–Crippen LogP) is 1.91. The van der Waals surface area contributed by atoms with Gasteiger partial charge >= 0.3 is 17.9 Å². The monoisotopic (exact) mass is 298 g/mol. The number of ether oxygens (including phenoxy) is 3. The van der Waals surface area contributed by atoms with Crippen molar-refractivity contribution in [2.24, 2.45) is 0 Å². The third-order valence-electron chi connectivity index (χ3n) is 3.03. The second-order valence-electron chi connectivity index (χ2n) is 6.19. The number of esters is 3. The van der Waals surface area contributed by atoms with Crippen molar-refractivity contribution in [3.05, 3.63) is 12.2 Å². The molecule has 2 unspecified atom stereocenters. The second-order valence-corrected chi connectivity index (χ2v) is 6.19. The maximum absolute atomic E-state index is 12.4. The van der Waals surface area contributed by atoms with E-state index in [4.69, 9.17) is 14.2 Å². The fourth-order valence-corrected chi connectivity index (χ4v) is 1.91. The van der Waals surface area contributed by atoms with Crippen molar-refractivity contribution in [1.82, 2.24) is 0 Å². The lowest BCUT2D eigenvalue weighted by Gasteiger charge is -2.33. The Morgan fingerprint density at radius 3 is 2.33 bits per heavy atom. The summed E-state index contributed by atoms with van der Waals surface area (Å²) < 4.78 is 15.7. The molecule has 1 aliphatic rings. The van der Waals surface area contributed by atoms with E-state index in [2.05, 4.69) is 6.58 Å². The molecule has 0 bridgehead atoms. The Kier molecular flexibility index (Phi) is 4.81. The number of rotatable bonds is 4. The predicted molar refractivity (Wildman–Crippen MR) is 74.3 cm³/mol. The van der Waals surface area contributed by atoms with E-state index >= 15 is 0 Å². The van der Waals surface area contributed by atoms with Crippen molar-refractivity contribution in [2.75, 3.05) is 0 Å². The molecule has 0 aromatic heterocycles. The minimum atomic E-state index is -1.59. The number of cyclic esters (lactones) is 1. The zero-order valence-electron chi connectivity index (χ0n) is 13.1. The summed E-state index contributed by atoms with van der Waals surface area (Å²) >= 11 is 0. The van der Waals surface area contributed by atoms with Crippen molar-refractivity contribution in [3.63, 3.8) is 0 Å². The van der Waals surface area contributed by atoms with E-state index in [1.165, 1.54) is 13.8 Å². The van der Waals surface area contributed by atoms with Gasteiger partial charge in [0.25, 0.3) is 0 Å². The minimum absolute atomic E-state index is 0.0776. The summed E-state index contributed by atoms with van der Waals surface area (Å²) in [6.45, 7) is 11.6. The summed E-state index contributed by atoms with van der Waals surface area (Å²) in [5, 5.41) is 0. The summed E-state index contributed by atoms with van der Waals surface area (Å²) in [7, 11) is 0. The number of carbonyl (C=O) groups is 3. The van der Waals surface area contributed by atoms with Crippen molar-refractivity contribution in [1.29, 1.82) is 0 Å². The van der Waals surface area contributed by atoms with E-state index in [1.54, 1.807) is 20.8 Å². The fourth-order valence-electron chi connectivity index (χ4n) is 1.91. The van der Waals surface area contributed by atoms with Crippen LogP contribution in [0.4, 0.5) is 0 Å². The Morgan fingerprint density at radius 1 is 1.38 bits per heavy atom. The van der Waals surface area contributed by atoms with Gasteiger partial charge < -0.3 is 14.2 Å². The van der Waals surface area contributed by atoms with Crippen LogP contribution in [0.25, 0.3) is 0 Å². The average molecular weight is 298 g/mol. The molecule has 0 aromatic carbocycles. The van der Waals surface area contributed by atoms with Crippen molar-refractivity contribution in [3.8, 4) is 0 Å². The molecule has 1 saturated heterocycles. The normalized spacial score (nSPS) is 23.2. The Morgan fingerprint density at radius 2 is 1.95 bits per heavy atom. The summed E-state index contributed by atoms with van der Waals surface area (Å²) in [6.07, 6.45) is -0.762. The minimum Gasteiger partial charge on any atom is -0.457 e. The third kappa shape index (κ3) is 4.06. The quantitative estimate of drug-likeness (QED) is 0.448. The van der Waals surface area contributed by atoms with E-state index < -0.39 is 35.2 Å². The maximum Gasteiger partial charge on any atom is 0.355 e. The summed E-state index contributed by atoms with van der Waals surface area (Å²) in [5.74, 6) is -1.87. The molecule has 6 heteroatoms. The molecule has 118 valence electrons. The molecule has 0 spiro atoms. The van der Waals surface area contributed by atoms with Crippen molar-refractivity contribution in [2.45, 2.75) is 64.8 Å². The highest BCUT2D eigenvalue weighted by atomic mass is 16.6. The molecule has 0 aromatic rings. The third-order valence-corrected chi connectivity index (χ3v) is 3.03. The van der Waals surface area contributed by atoms with Crippen LogP contribution < -0.4 is 0 Å². The van der Waals surface area contributed by atoms with Crippen molar-refractivity contribution < 1.29 is 28.6 Å². The van der Waals surface area contributed by atoms with Gasteiger partial charge in [-0.3, -0.25) is 4.79 Å². The van der Waals surface area contributed by atoms with Gasteiger partial charge in [-0.25, -0.2) is 9.59 Å². The molecular formula is C15H22O6. The Labute approximate surface area is 124 Å². The van der Waals surface area contributed by atoms with Gasteiger partial charge in [0.1, 0.15) is 11.7 Å². The lowest BCUT2D eigenvalue weighted by molar-refractivity contribution is -0.198. The molecule has 2 atom stereocenters. The van der Waals surface area contributed by atoms with Crippen LogP contribution in [0, 0.1) is 0 Å². The number of hydrogen-bond donors (Lipinski definition) is 0. The number of hydrogen-bond acceptors (Lipinski definition) is 6. The van der Waals surface area contributed by atoms with E-state index in [-0.39, 0.29) is 18.4 Å². The van der Waals surface area contributed by atoms with Crippen LogP contribution in [0.2, 0.25) is 0 Å². The highest BCUT2D eigenvalue weighted by molar-refractivity contribution is 5.90. The molecule has 1 heterocycles. The van der Waals surface area contributed by atoms with E-state index in [0.717, 1.165) is 0 Å². The molecule has 0 amide bonds. The Balaban J connectivity index is 2.99. The van der Waals surface area contributed by atoms with Gasteiger partial charge in [0.2, 0.25) is 5.60 Å². The summed E-state index contributed by atoms with van der Waals surface area (Å²) in [5.41, 5.74) is -2.13. The number of carbonyl (C=O) groups excluding carboxylic acids is 3. The van der Waals surface area contributed by atoms with E-state index in [1.807, 2.05) is 0 Å². The van der Waals surface area contributed by atoms with Gasteiger partial charge in [-0.15, -0.1) is 0 Å². The highest BCUT2D eigenvalue weighted by Gasteiger charge is 2.55. The van der Waals surface area contributed by atoms with Gasteiger partial charge in [-0.1, -0.05) is 6.58 Å². The molecule has 0 radical (unpaired) electrons. The van der Waals surface area contributed by atoms with Gasteiger partial charge in [-0.05, 0) is 34.6 Å². The molecule has 1 rings (SSSR count).